The van der Waals surface area contributed by atoms with E-state index in [4.69, 9.17) is 28.6 Å². The average Bonchev–Trinajstić information content (AvgIpc) is 3.08. The second kappa shape index (κ2) is 10.2. The van der Waals surface area contributed by atoms with Crippen molar-refractivity contribution in [3.8, 4) is 5.88 Å². The lowest BCUT2D eigenvalue weighted by atomic mass is 9.84. The number of thiocarbonyl (C=S) groups is 1. The number of methoxy groups -OCH3 is 1. The molecule has 2 amide bonds. The van der Waals surface area contributed by atoms with Crippen molar-refractivity contribution in [1.82, 2.24) is 15.2 Å². The molecular weight excluding hydrogens is 472 g/mol. The molecule has 1 aliphatic rings. The highest BCUT2D eigenvalue weighted by molar-refractivity contribution is 7.80. The number of nitrogens with zero attached hydrogens (tertiary/aromatic N) is 2. The fourth-order valence-corrected chi connectivity index (χ4v) is 4.51. The van der Waals surface area contributed by atoms with Gasteiger partial charge in [0, 0.05) is 17.6 Å². The number of aromatic nitrogens is 1. The van der Waals surface area contributed by atoms with E-state index in [1.807, 2.05) is 54.6 Å². The Morgan fingerprint density at radius 3 is 2.53 bits per heavy atom. The van der Waals surface area contributed by atoms with E-state index in [1.165, 1.54) is 13.3 Å². The van der Waals surface area contributed by atoms with Gasteiger partial charge in [-0.3, -0.25) is 9.59 Å². The summed E-state index contributed by atoms with van der Waals surface area (Å²) in [6.45, 7) is 0.436. The van der Waals surface area contributed by atoms with Gasteiger partial charge in [0.25, 0.3) is 5.91 Å². The lowest BCUT2D eigenvalue weighted by molar-refractivity contribution is -0.131. The highest BCUT2D eigenvalue weighted by atomic mass is 35.5. The molecular formula is C25H23ClN4O3S. The summed E-state index contributed by atoms with van der Waals surface area (Å²) in [6, 6.07) is 20.1. The van der Waals surface area contributed by atoms with Crippen LogP contribution in [-0.2, 0) is 21.5 Å². The van der Waals surface area contributed by atoms with E-state index in [0.29, 0.717) is 40.2 Å². The largest absolute Gasteiger partial charge is 0.481 e. The van der Waals surface area contributed by atoms with Crippen LogP contribution in [0, 0.1) is 0 Å². The zero-order chi connectivity index (χ0) is 24.1. The normalized spacial score (nSPS) is 17.4. The smallest absolute Gasteiger partial charge is 0.257 e. The Labute approximate surface area is 208 Å². The van der Waals surface area contributed by atoms with Gasteiger partial charge in [0.15, 0.2) is 10.7 Å². The van der Waals surface area contributed by atoms with Crippen LogP contribution in [0.5, 0.6) is 5.88 Å². The van der Waals surface area contributed by atoms with Gasteiger partial charge in [-0.1, -0.05) is 54.1 Å². The van der Waals surface area contributed by atoms with Gasteiger partial charge < -0.3 is 20.3 Å². The zero-order valence-electron chi connectivity index (χ0n) is 18.5. The molecule has 0 saturated carbocycles. The Bertz CT molecular complexity index is 1190. The zero-order valence-corrected chi connectivity index (χ0v) is 20.0. The van der Waals surface area contributed by atoms with Gasteiger partial charge in [-0.05, 0) is 48.0 Å². The van der Waals surface area contributed by atoms with Crippen LogP contribution in [0.1, 0.15) is 17.5 Å². The third-order valence-electron chi connectivity index (χ3n) is 5.74. The number of benzene rings is 2. The van der Waals surface area contributed by atoms with Gasteiger partial charge in [0.1, 0.15) is 0 Å². The molecule has 2 heterocycles. The Morgan fingerprint density at radius 1 is 1.15 bits per heavy atom. The van der Waals surface area contributed by atoms with Crippen molar-refractivity contribution in [3.05, 3.63) is 89.1 Å². The average molecular weight is 495 g/mol. The monoisotopic (exact) mass is 494 g/mol. The van der Waals surface area contributed by atoms with Crippen LogP contribution >= 0.6 is 23.8 Å². The van der Waals surface area contributed by atoms with E-state index < -0.39 is 5.54 Å². The quantitative estimate of drug-likeness (QED) is 0.462. The first kappa shape index (κ1) is 23.7. The lowest BCUT2D eigenvalue weighted by Gasteiger charge is -2.36. The van der Waals surface area contributed by atoms with Crippen molar-refractivity contribution >= 4 is 46.4 Å². The van der Waals surface area contributed by atoms with Gasteiger partial charge in [0.05, 0.1) is 25.4 Å². The van der Waals surface area contributed by atoms with Crippen LogP contribution < -0.4 is 15.4 Å². The van der Waals surface area contributed by atoms with Crippen molar-refractivity contribution in [2.45, 2.75) is 18.4 Å². The topological polar surface area (TPSA) is 83.6 Å². The summed E-state index contributed by atoms with van der Waals surface area (Å²) in [5, 5.41) is 6.55. The molecule has 0 radical (unpaired) electrons. The molecule has 3 aromatic rings. The lowest BCUT2D eigenvalue weighted by Crippen LogP contribution is -2.50. The van der Waals surface area contributed by atoms with Crippen molar-refractivity contribution in [2.75, 3.05) is 19.0 Å². The van der Waals surface area contributed by atoms with E-state index in [1.54, 1.807) is 17.0 Å². The Hall–Kier alpha value is -3.49. The summed E-state index contributed by atoms with van der Waals surface area (Å²) in [7, 11) is 1.52. The summed E-state index contributed by atoms with van der Waals surface area (Å²) < 4.78 is 5.06. The third kappa shape index (κ3) is 4.88. The number of hydrogen-bond donors (Lipinski definition) is 2. The molecule has 1 unspecified atom stereocenters. The van der Waals surface area contributed by atoms with Crippen LogP contribution in [0.2, 0.25) is 5.02 Å². The van der Waals surface area contributed by atoms with E-state index in [-0.39, 0.29) is 18.2 Å². The number of hydrogen-bond acceptors (Lipinski definition) is 5. The molecule has 2 aromatic carbocycles. The highest BCUT2D eigenvalue weighted by Crippen LogP contribution is 2.37. The van der Waals surface area contributed by atoms with E-state index in [9.17, 15) is 9.59 Å². The maximum Gasteiger partial charge on any atom is 0.257 e. The third-order valence-corrected chi connectivity index (χ3v) is 6.31. The minimum atomic E-state index is -1.28. The molecule has 174 valence electrons. The van der Waals surface area contributed by atoms with Crippen LogP contribution in [0.4, 0.5) is 5.69 Å². The molecule has 34 heavy (non-hydrogen) atoms. The predicted octanol–water partition coefficient (Wildman–Crippen LogP) is 3.93. The molecule has 0 bridgehead atoms. The molecule has 0 aliphatic carbocycles. The molecule has 1 aromatic heterocycles. The number of nitrogens with one attached hydrogen (secondary N) is 2. The number of halogens is 1. The number of amides is 2. The predicted molar refractivity (Wildman–Crippen MR) is 135 cm³/mol. The standard InChI is InChI=1S/C25H23ClN4O3S/c1-33-22-12-11-20(16-27-22)28-21(31)15-25(18-5-3-2-4-6-18)23(32)29-24(34)30(25)14-13-17-7-9-19(26)10-8-17/h2-12,16H,13-15H2,1H3,(H,28,31)(H,29,32,34). The summed E-state index contributed by atoms with van der Waals surface area (Å²) in [5.41, 5.74) is 0.950. The number of pyridine rings is 1. The van der Waals surface area contributed by atoms with Crippen LogP contribution in [0.25, 0.3) is 0 Å². The molecule has 1 aliphatic heterocycles. The van der Waals surface area contributed by atoms with Gasteiger partial charge in [-0.25, -0.2) is 4.98 Å². The molecule has 9 heteroatoms. The maximum atomic E-state index is 13.4. The highest BCUT2D eigenvalue weighted by Gasteiger charge is 2.53. The molecule has 7 nitrogen and oxygen atoms in total. The molecule has 1 atom stereocenters. The van der Waals surface area contributed by atoms with Crippen molar-refractivity contribution in [3.63, 3.8) is 0 Å². The van der Waals surface area contributed by atoms with Gasteiger partial charge in [-0.15, -0.1) is 0 Å². The Morgan fingerprint density at radius 2 is 1.88 bits per heavy atom. The van der Waals surface area contributed by atoms with Gasteiger partial charge in [-0.2, -0.15) is 0 Å². The number of carbonyl (C=O) groups excluding carboxylic acids is 2. The van der Waals surface area contributed by atoms with Gasteiger partial charge in [0.2, 0.25) is 11.8 Å². The molecule has 1 saturated heterocycles. The molecule has 0 spiro atoms. The first-order valence-corrected chi connectivity index (χ1v) is 11.4. The Kier molecular flexibility index (Phi) is 7.09. The van der Waals surface area contributed by atoms with Crippen molar-refractivity contribution in [2.24, 2.45) is 0 Å². The van der Waals surface area contributed by atoms with Crippen LogP contribution in [-0.4, -0.2) is 40.5 Å². The van der Waals surface area contributed by atoms with Gasteiger partial charge >= 0.3 is 0 Å². The minimum absolute atomic E-state index is 0.129. The second-order valence-electron chi connectivity index (χ2n) is 7.83. The summed E-state index contributed by atoms with van der Waals surface area (Å²) in [5.74, 6) is -0.234. The number of carbonyl (C=O) groups is 2. The summed E-state index contributed by atoms with van der Waals surface area (Å²) in [4.78, 5) is 32.5. The first-order chi connectivity index (χ1) is 16.4. The molecule has 2 N–H and O–H groups in total. The van der Waals surface area contributed by atoms with E-state index >= 15 is 0 Å². The van der Waals surface area contributed by atoms with Crippen LogP contribution in [0.3, 0.4) is 0 Å². The molecule has 1 fully saturated rings. The van der Waals surface area contributed by atoms with Crippen molar-refractivity contribution in [1.29, 1.82) is 0 Å². The minimum Gasteiger partial charge on any atom is -0.481 e. The summed E-state index contributed by atoms with van der Waals surface area (Å²) >= 11 is 11.5. The van der Waals surface area contributed by atoms with Crippen LogP contribution in [0.15, 0.2) is 72.9 Å². The first-order valence-electron chi connectivity index (χ1n) is 10.7. The van der Waals surface area contributed by atoms with E-state index in [2.05, 4.69) is 15.6 Å². The number of anilines is 1. The number of rotatable bonds is 8. The molecule has 4 rings (SSSR count). The SMILES string of the molecule is COc1ccc(NC(=O)CC2(c3ccccc3)C(=O)NC(=S)N2CCc2ccc(Cl)cc2)cn1. The fraction of sp³-hybridized carbons (Fsp3) is 0.200. The number of ether oxygens (including phenoxy) is 1. The van der Waals surface area contributed by atoms with E-state index in [0.717, 1.165) is 5.56 Å². The second-order valence-corrected chi connectivity index (χ2v) is 8.65. The fourth-order valence-electron chi connectivity index (χ4n) is 4.04. The Balaban J connectivity index is 1.63. The summed E-state index contributed by atoms with van der Waals surface area (Å²) in [6.07, 6.45) is 1.99. The van der Waals surface area contributed by atoms with Crippen molar-refractivity contribution < 1.29 is 14.3 Å². The maximum absolute atomic E-state index is 13.4.